The van der Waals surface area contributed by atoms with Gasteiger partial charge in [0.15, 0.2) is 5.13 Å². The van der Waals surface area contributed by atoms with Crippen molar-refractivity contribution in [3.8, 4) is 0 Å². The molecule has 1 fully saturated rings. The Morgan fingerprint density at radius 2 is 2.32 bits per heavy atom. The molecule has 0 saturated heterocycles. The minimum atomic E-state index is -0.851. The van der Waals surface area contributed by atoms with Gasteiger partial charge < -0.3 is 10.4 Å². The number of carboxylic acids is 1. The summed E-state index contributed by atoms with van der Waals surface area (Å²) in [6, 6.07) is -0.339. The molecule has 19 heavy (non-hydrogen) atoms. The lowest BCUT2D eigenvalue weighted by Crippen LogP contribution is -2.31. The fourth-order valence-electron chi connectivity index (χ4n) is 1.58. The molecule has 1 heterocycles. The number of urea groups is 1. The van der Waals surface area contributed by atoms with Crippen LogP contribution in [0.2, 0.25) is 0 Å². The van der Waals surface area contributed by atoms with Gasteiger partial charge in [0.2, 0.25) is 0 Å². The molecule has 0 aliphatic heterocycles. The van der Waals surface area contributed by atoms with E-state index in [9.17, 15) is 9.59 Å². The third kappa shape index (κ3) is 4.20. The van der Waals surface area contributed by atoms with Gasteiger partial charge >= 0.3 is 12.0 Å². The Bertz CT molecular complexity index is 471. The largest absolute Gasteiger partial charge is 0.481 e. The molecule has 1 atom stereocenters. The third-order valence-electron chi connectivity index (χ3n) is 3.02. The lowest BCUT2D eigenvalue weighted by Gasteiger charge is -2.07. The molecule has 7 heteroatoms. The summed E-state index contributed by atoms with van der Waals surface area (Å²) >= 11 is 1.41. The molecule has 2 rings (SSSR count). The molecule has 2 amide bonds. The third-order valence-corrected chi connectivity index (χ3v) is 3.80. The van der Waals surface area contributed by atoms with Crippen molar-refractivity contribution in [1.29, 1.82) is 0 Å². The molecule has 0 spiro atoms. The number of hydrogen-bond acceptors (Lipinski definition) is 4. The minimum absolute atomic E-state index is 0.333. The first-order chi connectivity index (χ1) is 9.06. The Kier molecular flexibility index (Phi) is 4.36. The first-order valence-electron chi connectivity index (χ1n) is 6.29. The van der Waals surface area contributed by atoms with Crippen molar-refractivity contribution >= 4 is 28.5 Å². The zero-order valence-corrected chi connectivity index (χ0v) is 11.5. The summed E-state index contributed by atoms with van der Waals surface area (Å²) in [5, 5.41) is 16.5. The highest BCUT2D eigenvalue weighted by atomic mass is 32.1. The monoisotopic (exact) mass is 283 g/mol. The SMILES string of the molecule is CC(CCNC(=O)Nc1nc(C2CC2)cs1)C(=O)O. The summed E-state index contributed by atoms with van der Waals surface area (Å²) < 4.78 is 0. The number of nitrogens with zero attached hydrogens (tertiary/aromatic N) is 1. The summed E-state index contributed by atoms with van der Waals surface area (Å²) in [4.78, 5) is 26.5. The number of anilines is 1. The predicted octanol–water partition coefficient (Wildman–Crippen LogP) is 2.25. The van der Waals surface area contributed by atoms with Gasteiger partial charge in [0.05, 0.1) is 11.6 Å². The van der Waals surface area contributed by atoms with Crippen LogP contribution in [-0.4, -0.2) is 28.6 Å². The number of hydrogen-bond donors (Lipinski definition) is 3. The van der Waals surface area contributed by atoms with E-state index in [1.54, 1.807) is 6.92 Å². The molecular weight excluding hydrogens is 266 g/mol. The second-order valence-corrected chi connectivity index (χ2v) is 5.62. The number of carbonyl (C=O) groups excluding carboxylic acids is 1. The second-order valence-electron chi connectivity index (χ2n) is 4.76. The number of amides is 2. The lowest BCUT2D eigenvalue weighted by molar-refractivity contribution is -0.141. The van der Waals surface area contributed by atoms with Crippen LogP contribution in [0.5, 0.6) is 0 Å². The number of aromatic nitrogens is 1. The van der Waals surface area contributed by atoms with Crippen molar-refractivity contribution in [2.24, 2.45) is 5.92 Å². The average Bonchev–Trinajstić information content (AvgIpc) is 3.10. The van der Waals surface area contributed by atoms with E-state index in [4.69, 9.17) is 5.11 Å². The van der Waals surface area contributed by atoms with Crippen LogP contribution in [0.3, 0.4) is 0 Å². The van der Waals surface area contributed by atoms with Crippen LogP contribution in [0.1, 0.15) is 37.8 Å². The maximum Gasteiger partial charge on any atom is 0.321 e. The van der Waals surface area contributed by atoms with E-state index in [0.29, 0.717) is 24.0 Å². The molecule has 0 aromatic carbocycles. The van der Waals surface area contributed by atoms with Crippen molar-refractivity contribution in [1.82, 2.24) is 10.3 Å². The van der Waals surface area contributed by atoms with E-state index in [2.05, 4.69) is 15.6 Å². The van der Waals surface area contributed by atoms with Gasteiger partial charge in [-0.1, -0.05) is 6.92 Å². The Balaban J connectivity index is 1.69. The van der Waals surface area contributed by atoms with Crippen LogP contribution in [0.15, 0.2) is 5.38 Å². The molecule has 1 aliphatic rings. The first kappa shape index (κ1) is 13.8. The fourth-order valence-corrected chi connectivity index (χ4v) is 2.36. The normalized spacial score (nSPS) is 15.8. The Hall–Kier alpha value is -1.63. The van der Waals surface area contributed by atoms with Crippen LogP contribution in [0.4, 0.5) is 9.93 Å². The molecule has 3 N–H and O–H groups in total. The Morgan fingerprint density at radius 1 is 1.58 bits per heavy atom. The Morgan fingerprint density at radius 3 is 2.95 bits per heavy atom. The van der Waals surface area contributed by atoms with Gasteiger partial charge in [-0.3, -0.25) is 10.1 Å². The zero-order chi connectivity index (χ0) is 13.8. The topological polar surface area (TPSA) is 91.3 Å². The highest BCUT2D eigenvalue weighted by molar-refractivity contribution is 7.13. The summed E-state index contributed by atoms with van der Waals surface area (Å²) in [6.45, 7) is 1.95. The maximum atomic E-state index is 11.6. The van der Waals surface area contributed by atoms with E-state index in [-0.39, 0.29) is 6.03 Å². The number of aliphatic carboxylic acids is 1. The number of thiazole rings is 1. The van der Waals surface area contributed by atoms with Crippen molar-refractivity contribution in [3.05, 3.63) is 11.1 Å². The van der Waals surface area contributed by atoms with Gasteiger partial charge in [-0.25, -0.2) is 9.78 Å². The summed E-state index contributed by atoms with van der Waals surface area (Å²) in [6.07, 6.45) is 2.78. The van der Waals surface area contributed by atoms with Crippen LogP contribution in [-0.2, 0) is 4.79 Å². The number of carbonyl (C=O) groups is 2. The lowest BCUT2D eigenvalue weighted by atomic mass is 10.1. The first-order valence-corrected chi connectivity index (χ1v) is 7.17. The number of carboxylic acid groups (broad SMARTS) is 1. The fraction of sp³-hybridized carbons (Fsp3) is 0.583. The van der Waals surface area contributed by atoms with Gasteiger partial charge in [0, 0.05) is 17.8 Å². The van der Waals surface area contributed by atoms with E-state index in [0.717, 1.165) is 5.69 Å². The smallest absolute Gasteiger partial charge is 0.321 e. The quantitative estimate of drug-likeness (QED) is 0.746. The molecule has 0 bridgehead atoms. The Labute approximate surface area is 115 Å². The molecule has 6 nitrogen and oxygen atoms in total. The van der Waals surface area contributed by atoms with Gasteiger partial charge in [0.25, 0.3) is 0 Å². The van der Waals surface area contributed by atoms with Gasteiger partial charge in [0.1, 0.15) is 0 Å². The highest BCUT2D eigenvalue weighted by Crippen LogP contribution is 2.40. The second kappa shape index (κ2) is 6.01. The molecule has 104 valence electrons. The van der Waals surface area contributed by atoms with E-state index in [1.807, 2.05) is 5.38 Å². The minimum Gasteiger partial charge on any atom is -0.481 e. The van der Waals surface area contributed by atoms with Crippen molar-refractivity contribution < 1.29 is 14.7 Å². The zero-order valence-electron chi connectivity index (χ0n) is 10.7. The van der Waals surface area contributed by atoms with Crippen LogP contribution < -0.4 is 10.6 Å². The van der Waals surface area contributed by atoms with E-state index in [1.165, 1.54) is 24.2 Å². The molecule has 1 aromatic rings. The average molecular weight is 283 g/mol. The standard InChI is InChI=1S/C12H17N3O3S/c1-7(10(16)17)4-5-13-11(18)15-12-14-9(6-19-12)8-2-3-8/h6-8H,2-5H2,1H3,(H,16,17)(H2,13,14,15,18). The van der Waals surface area contributed by atoms with Gasteiger partial charge in [-0.2, -0.15) is 0 Å². The van der Waals surface area contributed by atoms with Crippen molar-refractivity contribution in [2.75, 3.05) is 11.9 Å². The van der Waals surface area contributed by atoms with Crippen LogP contribution >= 0.6 is 11.3 Å². The molecule has 1 aliphatic carbocycles. The van der Waals surface area contributed by atoms with Crippen LogP contribution in [0.25, 0.3) is 0 Å². The summed E-state index contributed by atoms with van der Waals surface area (Å²) in [5.41, 5.74) is 1.06. The van der Waals surface area contributed by atoms with E-state index >= 15 is 0 Å². The highest BCUT2D eigenvalue weighted by Gasteiger charge is 2.26. The maximum absolute atomic E-state index is 11.6. The molecular formula is C12H17N3O3S. The predicted molar refractivity (Wildman–Crippen MR) is 72.5 cm³/mol. The summed E-state index contributed by atoms with van der Waals surface area (Å²) in [5.74, 6) is -0.732. The van der Waals surface area contributed by atoms with Crippen molar-refractivity contribution in [2.45, 2.75) is 32.1 Å². The molecule has 1 unspecified atom stereocenters. The van der Waals surface area contributed by atoms with Gasteiger partial charge in [-0.05, 0) is 19.3 Å². The summed E-state index contributed by atoms with van der Waals surface area (Å²) in [7, 11) is 0. The van der Waals surface area contributed by atoms with Crippen LogP contribution in [0, 0.1) is 5.92 Å². The molecule has 1 aromatic heterocycles. The number of rotatable bonds is 6. The molecule has 1 saturated carbocycles. The molecule has 0 radical (unpaired) electrons. The number of nitrogens with one attached hydrogen (secondary N) is 2. The van der Waals surface area contributed by atoms with Gasteiger partial charge in [-0.15, -0.1) is 11.3 Å². The van der Waals surface area contributed by atoms with Crippen molar-refractivity contribution in [3.63, 3.8) is 0 Å². The van der Waals surface area contributed by atoms with E-state index < -0.39 is 11.9 Å².